The highest BCUT2D eigenvalue weighted by Gasteiger charge is 2.10. The van der Waals surface area contributed by atoms with E-state index in [0.29, 0.717) is 10.7 Å². The lowest BCUT2D eigenvalue weighted by atomic mass is 10.2. The van der Waals surface area contributed by atoms with E-state index in [1.54, 1.807) is 19.2 Å². The molecule has 0 unspecified atom stereocenters. The van der Waals surface area contributed by atoms with Crippen LogP contribution in [0.25, 0.3) is 11.3 Å². The Labute approximate surface area is 146 Å². The fourth-order valence-electron chi connectivity index (χ4n) is 2.00. The molecule has 3 rings (SSSR count). The summed E-state index contributed by atoms with van der Waals surface area (Å²) < 4.78 is 6.08. The fraction of sp³-hybridized carbons (Fsp3) is 0.0588. The first-order valence-corrected chi connectivity index (χ1v) is 8.50. The van der Waals surface area contributed by atoms with Gasteiger partial charge >= 0.3 is 0 Å². The van der Waals surface area contributed by atoms with E-state index < -0.39 is 0 Å². The molecule has 116 valence electrons. The van der Waals surface area contributed by atoms with Crippen LogP contribution < -0.4 is 10.1 Å². The van der Waals surface area contributed by atoms with E-state index in [-0.39, 0.29) is 5.91 Å². The summed E-state index contributed by atoms with van der Waals surface area (Å²) >= 11 is 4.75. The highest BCUT2D eigenvalue weighted by Crippen LogP contribution is 2.26. The van der Waals surface area contributed by atoms with Gasteiger partial charge in [-0.3, -0.25) is 10.1 Å². The van der Waals surface area contributed by atoms with Gasteiger partial charge in [-0.05, 0) is 48.5 Å². The lowest BCUT2D eigenvalue weighted by Crippen LogP contribution is -2.11. The number of aromatic nitrogens is 1. The molecule has 0 aliphatic carbocycles. The second-order valence-electron chi connectivity index (χ2n) is 4.73. The standard InChI is InChI=1S/C17H13BrN2O2S/c1-22-14-8-4-11(5-9-14)15-10-23-17(19-15)20-16(21)12-2-6-13(18)7-3-12/h2-10H,1H3,(H,19,20,21). The number of nitrogens with zero attached hydrogens (tertiary/aromatic N) is 1. The van der Waals surface area contributed by atoms with Gasteiger partial charge in [0.1, 0.15) is 5.75 Å². The van der Waals surface area contributed by atoms with Crippen molar-refractivity contribution in [2.45, 2.75) is 0 Å². The number of ether oxygens (including phenoxy) is 1. The molecule has 0 spiro atoms. The lowest BCUT2D eigenvalue weighted by Gasteiger charge is -2.02. The highest BCUT2D eigenvalue weighted by atomic mass is 79.9. The summed E-state index contributed by atoms with van der Waals surface area (Å²) in [7, 11) is 1.63. The average Bonchev–Trinajstić information content (AvgIpc) is 3.04. The van der Waals surface area contributed by atoms with Crippen LogP contribution in [0.3, 0.4) is 0 Å². The Bertz CT molecular complexity index is 813. The van der Waals surface area contributed by atoms with Crippen LogP contribution in [0.15, 0.2) is 58.4 Å². The Kier molecular flexibility index (Phi) is 4.73. The number of halogens is 1. The SMILES string of the molecule is COc1ccc(-c2csc(NC(=O)c3ccc(Br)cc3)n2)cc1. The van der Waals surface area contributed by atoms with Gasteiger partial charge in [-0.15, -0.1) is 11.3 Å². The molecular weight excluding hydrogens is 376 g/mol. The summed E-state index contributed by atoms with van der Waals surface area (Å²) in [6.07, 6.45) is 0. The van der Waals surface area contributed by atoms with Crippen LogP contribution >= 0.6 is 27.3 Å². The summed E-state index contributed by atoms with van der Waals surface area (Å²) in [6.45, 7) is 0. The van der Waals surface area contributed by atoms with Gasteiger partial charge in [0.15, 0.2) is 5.13 Å². The van der Waals surface area contributed by atoms with Gasteiger partial charge in [-0.25, -0.2) is 4.98 Å². The number of anilines is 1. The van der Waals surface area contributed by atoms with Crippen molar-refractivity contribution in [3.05, 3.63) is 63.9 Å². The van der Waals surface area contributed by atoms with E-state index >= 15 is 0 Å². The predicted octanol–water partition coefficient (Wildman–Crippen LogP) is 4.83. The maximum Gasteiger partial charge on any atom is 0.257 e. The maximum absolute atomic E-state index is 12.2. The van der Waals surface area contributed by atoms with Crippen molar-refractivity contribution in [1.29, 1.82) is 0 Å². The maximum atomic E-state index is 12.2. The lowest BCUT2D eigenvalue weighted by molar-refractivity contribution is 0.102. The minimum Gasteiger partial charge on any atom is -0.497 e. The van der Waals surface area contributed by atoms with Crippen LogP contribution in [-0.4, -0.2) is 18.0 Å². The van der Waals surface area contributed by atoms with E-state index in [1.807, 2.05) is 41.8 Å². The number of amides is 1. The van der Waals surface area contributed by atoms with Crippen molar-refractivity contribution in [2.75, 3.05) is 12.4 Å². The van der Waals surface area contributed by atoms with E-state index in [9.17, 15) is 4.79 Å². The number of rotatable bonds is 4. The van der Waals surface area contributed by atoms with Gasteiger partial charge in [0.05, 0.1) is 12.8 Å². The zero-order valence-electron chi connectivity index (χ0n) is 12.2. The Balaban J connectivity index is 1.73. The molecule has 0 radical (unpaired) electrons. The third kappa shape index (κ3) is 3.78. The van der Waals surface area contributed by atoms with Crippen molar-refractivity contribution >= 4 is 38.3 Å². The molecule has 1 aromatic heterocycles. The van der Waals surface area contributed by atoms with Crippen LogP contribution in [0.4, 0.5) is 5.13 Å². The molecule has 4 nitrogen and oxygen atoms in total. The second-order valence-corrected chi connectivity index (χ2v) is 6.50. The number of nitrogens with one attached hydrogen (secondary N) is 1. The van der Waals surface area contributed by atoms with Crippen LogP contribution in [0.5, 0.6) is 5.75 Å². The number of benzene rings is 2. The Hall–Kier alpha value is -2.18. The molecule has 0 fully saturated rings. The van der Waals surface area contributed by atoms with E-state index in [1.165, 1.54) is 11.3 Å². The molecule has 23 heavy (non-hydrogen) atoms. The smallest absolute Gasteiger partial charge is 0.257 e. The van der Waals surface area contributed by atoms with Gasteiger partial charge in [-0.1, -0.05) is 15.9 Å². The molecule has 3 aromatic rings. The molecule has 0 saturated heterocycles. The van der Waals surface area contributed by atoms with Gasteiger partial charge < -0.3 is 4.74 Å². The first kappa shape index (κ1) is 15.7. The number of carbonyl (C=O) groups is 1. The molecule has 1 amide bonds. The first-order chi connectivity index (χ1) is 11.2. The molecule has 0 aliphatic rings. The summed E-state index contributed by atoms with van der Waals surface area (Å²) in [6, 6.07) is 14.8. The number of carbonyl (C=O) groups excluding carboxylic acids is 1. The van der Waals surface area contributed by atoms with E-state index in [2.05, 4.69) is 26.2 Å². The minimum atomic E-state index is -0.173. The number of thiazole rings is 1. The first-order valence-electron chi connectivity index (χ1n) is 6.82. The molecule has 1 heterocycles. The van der Waals surface area contributed by atoms with Crippen molar-refractivity contribution in [1.82, 2.24) is 4.98 Å². The molecule has 1 N–H and O–H groups in total. The molecule has 0 saturated carbocycles. The van der Waals surface area contributed by atoms with Crippen molar-refractivity contribution in [3.63, 3.8) is 0 Å². The van der Waals surface area contributed by atoms with E-state index in [4.69, 9.17) is 4.74 Å². The zero-order valence-corrected chi connectivity index (χ0v) is 14.6. The third-order valence-corrected chi connectivity index (χ3v) is 4.50. The fourth-order valence-corrected chi connectivity index (χ4v) is 2.98. The Morgan fingerprint density at radius 3 is 2.48 bits per heavy atom. The monoisotopic (exact) mass is 388 g/mol. The normalized spacial score (nSPS) is 10.3. The summed E-state index contributed by atoms with van der Waals surface area (Å²) in [4.78, 5) is 16.6. The molecular formula is C17H13BrN2O2S. The van der Waals surface area contributed by atoms with Gasteiger partial charge in [-0.2, -0.15) is 0 Å². The molecule has 0 aliphatic heterocycles. The number of hydrogen-bond acceptors (Lipinski definition) is 4. The molecule has 6 heteroatoms. The van der Waals surface area contributed by atoms with Gasteiger partial charge in [0.25, 0.3) is 5.91 Å². The Morgan fingerprint density at radius 2 is 1.83 bits per heavy atom. The third-order valence-electron chi connectivity index (χ3n) is 3.22. The van der Waals surface area contributed by atoms with E-state index in [0.717, 1.165) is 21.5 Å². The van der Waals surface area contributed by atoms with Crippen molar-refractivity contribution in [2.24, 2.45) is 0 Å². The van der Waals surface area contributed by atoms with Gasteiger partial charge in [0.2, 0.25) is 0 Å². The summed E-state index contributed by atoms with van der Waals surface area (Å²) in [5.74, 6) is 0.626. The Morgan fingerprint density at radius 1 is 1.13 bits per heavy atom. The minimum absolute atomic E-state index is 0.173. The molecule has 0 atom stereocenters. The number of hydrogen-bond donors (Lipinski definition) is 1. The highest BCUT2D eigenvalue weighted by molar-refractivity contribution is 9.10. The molecule has 2 aromatic carbocycles. The quantitative estimate of drug-likeness (QED) is 0.695. The van der Waals surface area contributed by atoms with Crippen LogP contribution in [-0.2, 0) is 0 Å². The number of methoxy groups -OCH3 is 1. The average molecular weight is 389 g/mol. The van der Waals surface area contributed by atoms with Crippen LogP contribution in [0.2, 0.25) is 0 Å². The summed E-state index contributed by atoms with van der Waals surface area (Å²) in [5.41, 5.74) is 2.39. The molecule has 0 bridgehead atoms. The van der Waals surface area contributed by atoms with Crippen LogP contribution in [0, 0.1) is 0 Å². The van der Waals surface area contributed by atoms with Gasteiger partial charge in [0, 0.05) is 21.0 Å². The second kappa shape index (κ2) is 6.93. The van der Waals surface area contributed by atoms with Crippen molar-refractivity contribution in [3.8, 4) is 17.0 Å². The summed E-state index contributed by atoms with van der Waals surface area (Å²) in [5, 5.41) is 5.31. The largest absolute Gasteiger partial charge is 0.497 e. The van der Waals surface area contributed by atoms with Crippen LogP contribution in [0.1, 0.15) is 10.4 Å². The zero-order chi connectivity index (χ0) is 16.2. The predicted molar refractivity (Wildman–Crippen MR) is 96.2 cm³/mol. The topological polar surface area (TPSA) is 51.2 Å². The van der Waals surface area contributed by atoms with Crippen molar-refractivity contribution < 1.29 is 9.53 Å².